The zero-order valence-electron chi connectivity index (χ0n) is 15.4. The Bertz CT molecular complexity index is 979. The van der Waals surface area contributed by atoms with E-state index in [1.807, 2.05) is 31.2 Å². The molecule has 144 valence electrons. The topological polar surface area (TPSA) is 84.2 Å². The van der Waals surface area contributed by atoms with E-state index < -0.39 is 5.97 Å². The summed E-state index contributed by atoms with van der Waals surface area (Å²) in [6.07, 6.45) is 0.831. The molecule has 0 saturated heterocycles. The Morgan fingerprint density at radius 3 is 2.36 bits per heavy atom. The van der Waals surface area contributed by atoms with Crippen LogP contribution in [-0.4, -0.2) is 26.8 Å². The van der Waals surface area contributed by atoms with Crippen LogP contribution < -0.4 is 5.32 Å². The summed E-state index contributed by atoms with van der Waals surface area (Å²) in [4.78, 5) is 23.6. The zero-order chi connectivity index (χ0) is 20.1. The largest absolute Gasteiger partial charge is 0.476 e. The monoisotopic (exact) mass is 381 g/mol. The third-order valence-corrected chi connectivity index (χ3v) is 4.27. The number of carbonyl (C=O) groups excluding carboxylic acids is 1. The second kappa shape index (κ2) is 8.47. The number of nitrogens with one attached hydrogen (secondary N) is 1. The molecule has 0 fully saturated rings. The van der Waals surface area contributed by atoms with Crippen LogP contribution in [0, 0.1) is 12.7 Å². The van der Waals surface area contributed by atoms with Crippen LogP contribution >= 0.6 is 0 Å². The second-order valence-corrected chi connectivity index (χ2v) is 6.54. The molecule has 1 amide bonds. The number of carboxylic acids is 1. The Morgan fingerprint density at radius 1 is 1.07 bits per heavy atom. The van der Waals surface area contributed by atoms with E-state index in [0.29, 0.717) is 6.42 Å². The lowest BCUT2D eigenvalue weighted by Crippen LogP contribution is -2.16. The van der Waals surface area contributed by atoms with Crippen molar-refractivity contribution in [2.45, 2.75) is 26.3 Å². The summed E-state index contributed by atoms with van der Waals surface area (Å²) in [5, 5.41) is 15.9. The van der Waals surface area contributed by atoms with E-state index in [2.05, 4.69) is 10.4 Å². The van der Waals surface area contributed by atoms with Crippen molar-refractivity contribution in [1.29, 1.82) is 0 Å². The van der Waals surface area contributed by atoms with E-state index in [1.165, 1.54) is 22.9 Å². The molecule has 0 unspecified atom stereocenters. The number of hydrogen-bond donors (Lipinski definition) is 2. The lowest BCUT2D eigenvalue weighted by Gasteiger charge is -2.09. The highest BCUT2D eigenvalue weighted by Gasteiger charge is 2.15. The number of aromatic carboxylic acids is 1. The molecule has 0 aliphatic rings. The summed E-state index contributed by atoms with van der Waals surface area (Å²) in [7, 11) is 0. The van der Waals surface area contributed by atoms with Crippen molar-refractivity contribution in [3.05, 3.63) is 82.8 Å². The molecule has 1 heterocycles. The normalized spacial score (nSPS) is 10.6. The number of benzene rings is 2. The van der Waals surface area contributed by atoms with Crippen molar-refractivity contribution in [3.8, 4) is 0 Å². The summed E-state index contributed by atoms with van der Waals surface area (Å²) in [6.45, 7) is 2.21. The smallest absolute Gasteiger partial charge is 0.356 e. The van der Waals surface area contributed by atoms with Gasteiger partial charge in [0.1, 0.15) is 11.6 Å². The van der Waals surface area contributed by atoms with Gasteiger partial charge in [0.05, 0.1) is 6.54 Å². The van der Waals surface area contributed by atoms with Crippen LogP contribution in [0.4, 0.5) is 10.2 Å². The molecule has 0 aliphatic carbocycles. The first-order valence-electron chi connectivity index (χ1n) is 8.82. The maximum absolute atomic E-state index is 13.1. The molecule has 28 heavy (non-hydrogen) atoms. The Kier molecular flexibility index (Phi) is 5.84. The van der Waals surface area contributed by atoms with E-state index in [0.717, 1.165) is 16.7 Å². The maximum atomic E-state index is 13.1. The lowest BCUT2D eigenvalue weighted by atomic mass is 10.1. The zero-order valence-corrected chi connectivity index (χ0v) is 15.4. The highest BCUT2D eigenvalue weighted by molar-refractivity contribution is 5.92. The SMILES string of the molecule is Cc1ccc(CCC(=O)Nc2cc(C(=O)O)nn2Cc2ccc(F)cc2)cc1. The molecule has 0 radical (unpaired) electrons. The Labute approximate surface area is 161 Å². The van der Waals surface area contributed by atoms with Crippen LogP contribution in [0.2, 0.25) is 0 Å². The number of halogens is 1. The van der Waals surface area contributed by atoms with Crippen molar-refractivity contribution in [3.63, 3.8) is 0 Å². The minimum absolute atomic E-state index is 0.170. The molecular weight excluding hydrogens is 361 g/mol. The number of carboxylic acid groups (broad SMARTS) is 1. The van der Waals surface area contributed by atoms with Gasteiger partial charge < -0.3 is 10.4 Å². The molecule has 0 spiro atoms. The molecule has 2 aromatic carbocycles. The fourth-order valence-corrected chi connectivity index (χ4v) is 2.72. The number of carbonyl (C=O) groups is 2. The predicted molar refractivity (Wildman–Crippen MR) is 103 cm³/mol. The number of rotatable bonds is 7. The second-order valence-electron chi connectivity index (χ2n) is 6.54. The lowest BCUT2D eigenvalue weighted by molar-refractivity contribution is -0.116. The van der Waals surface area contributed by atoms with Crippen LogP contribution in [0.1, 0.15) is 33.6 Å². The first kappa shape index (κ1) is 19.3. The number of aryl methyl sites for hydroxylation is 2. The first-order valence-corrected chi connectivity index (χ1v) is 8.82. The first-order chi connectivity index (χ1) is 13.4. The summed E-state index contributed by atoms with van der Waals surface area (Å²) < 4.78 is 14.5. The molecule has 0 aliphatic heterocycles. The van der Waals surface area contributed by atoms with Gasteiger partial charge in [-0.2, -0.15) is 5.10 Å². The minimum atomic E-state index is -1.19. The van der Waals surface area contributed by atoms with Crippen molar-refractivity contribution in [2.75, 3.05) is 5.32 Å². The van der Waals surface area contributed by atoms with Gasteiger partial charge in [-0.1, -0.05) is 42.0 Å². The van der Waals surface area contributed by atoms with Crippen molar-refractivity contribution in [2.24, 2.45) is 0 Å². The number of nitrogens with zero attached hydrogens (tertiary/aromatic N) is 2. The van der Waals surface area contributed by atoms with Crippen LogP contribution in [0.15, 0.2) is 54.6 Å². The molecule has 3 rings (SSSR count). The molecule has 0 bridgehead atoms. The Hall–Kier alpha value is -3.48. The third-order valence-electron chi connectivity index (χ3n) is 4.27. The number of hydrogen-bond acceptors (Lipinski definition) is 3. The quantitative estimate of drug-likeness (QED) is 0.654. The Morgan fingerprint density at radius 2 is 1.71 bits per heavy atom. The third kappa shape index (κ3) is 5.03. The predicted octanol–water partition coefficient (Wildman–Crippen LogP) is 3.65. The maximum Gasteiger partial charge on any atom is 0.356 e. The highest BCUT2D eigenvalue weighted by atomic mass is 19.1. The van der Waals surface area contributed by atoms with Gasteiger partial charge in [0.2, 0.25) is 5.91 Å². The average molecular weight is 381 g/mol. The van der Waals surface area contributed by atoms with Gasteiger partial charge in [-0.05, 0) is 36.6 Å². The van der Waals surface area contributed by atoms with Gasteiger partial charge >= 0.3 is 5.97 Å². The van der Waals surface area contributed by atoms with Crippen LogP contribution in [-0.2, 0) is 17.8 Å². The number of aromatic nitrogens is 2. The van der Waals surface area contributed by atoms with Gasteiger partial charge in [-0.25, -0.2) is 13.9 Å². The van der Waals surface area contributed by atoms with E-state index in [-0.39, 0.29) is 36.2 Å². The summed E-state index contributed by atoms with van der Waals surface area (Å²) in [6, 6.07) is 15.0. The fraction of sp³-hybridized carbons (Fsp3) is 0.190. The van der Waals surface area contributed by atoms with Crippen molar-refractivity contribution < 1.29 is 19.1 Å². The standard InChI is InChI=1S/C21H20FN3O3/c1-14-2-4-15(5-3-14)8-11-20(26)23-19-12-18(21(27)28)24-25(19)13-16-6-9-17(22)10-7-16/h2-7,9-10,12H,8,11,13H2,1H3,(H,23,26)(H,27,28). The molecule has 2 N–H and O–H groups in total. The molecule has 1 aromatic heterocycles. The van der Waals surface area contributed by atoms with Crippen molar-refractivity contribution >= 4 is 17.7 Å². The van der Waals surface area contributed by atoms with Gasteiger partial charge in [0, 0.05) is 12.5 Å². The van der Waals surface area contributed by atoms with E-state index >= 15 is 0 Å². The minimum Gasteiger partial charge on any atom is -0.476 e. The van der Waals surface area contributed by atoms with Crippen LogP contribution in [0.25, 0.3) is 0 Å². The molecule has 0 atom stereocenters. The molecule has 3 aromatic rings. The average Bonchev–Trinajstić information content (AvgIpc) is 3.06. The van der Waals surface area contributed by atoms with Gasteiger partial charge in [0.25, 0.3) is 0 Å². The fourth-order valence-electron chi connectivity index (χ4n) is 2.72. The summed E-state index contributed by atoms with van der Waals surface area (Å²) in [5.41, 5.74) is 2.76. The van der Waals surface area contributed by atoms with E-state index in [4.69, 9.17) is 0 Å². The number of anilines is 1. The molecule has 0 saturated carbocycles. The van der Waals surface area contributed by atoms with E-state index in [9.17, 15) is 19.1 Å². The van der Waals surface area contributed by atoms with Crippen LogP contribution in [0.3, 0.4) is 0 Å². The van der Waals surface area contributed by atoms with Gasteiger partial charge in [-0.3, -0.25) is 4.79 Å². The Balaban J connectivity index is 1.70. The molecular formula is C21H20FN3O3. The number of amides is 1. The summed E-state index contributed by atoms with van der Waals surface area (Å²) >= 11 is 0. The highest BCUT2D eigenvalue weighted by Crippen LogP contribution is 2.15. The van der Waals surface area contributed by atoms with Crippen LogP contribution in [0.5, 0.6) is 0 Å². The van der Waals surface area contributed by atoms with E-state index in [1.54, 1.807) is 12.1 Å². The van der Waals surface area contributed by atoms with Crippen molar-refractivity contribution in [1.82, 2.24) is 9.78 Å². The molecule has 6 nitrogen and oxygen atoms in total. The van der Waals surface area contributed by atoms with Gasteiger partial charge in [-0.15, -0.1) is 0 Å². The summed E-state index contributed by atoms with van der Waals surface area (Å²) in [5.74, 6) is -1.50. The van der Waals surface area contributed by atoms with Gasteiger partial charge in [0.15, 0.2) is 5.69 Å². The molecule has 7 heteroatoms.